The van der Waals surface area contributed by atoms with Gasteiger partial charge in [-0.15, -0.1) is 0 Å². The van der Waals surface area contributed by atoms with E-state index in [1.54, 1.807) is 32.4 Å². The molecule has 0 aliphatic carbocycles. The van der Waals surface area contributed by atoms with Crippen molar-refractivity contribution in [3.63, 3.8) is 0 Å². The number of ether oxygens (including phenoxy) is 2. The van der Waals surface area contributed by atoms with Gasteiger partial charge in [-0.25, -0.2) is 4.39 Å². The minimum atomic E-state index is -0.484. The zero-order valence-electron chi connectivity index (χ0n) is 17.1. The van der Waals surface area contributed by atoms with Gasteiger partial charge in [-0.1, -0.05) is 12.1 Å². The average molecular weight is 412 g/mol. The van der Waals surface area contributed by atoms with Gasteiger partial charge < -0.3 is 19.3 Å². The first kappa shape index (κ1) is 20.2. The van der Waals surface area contributed by atoms with E-state index < -0.39 is 11.7 Å². The molecule has 2 fully saturated rings. The van der Waals surface area contributed by atoms with E-state index in [9.17, 15) is 14.0 Å². The molecule has 2 heterocycles. The number of hydrogen-bond acceptors (Lipinski definition) is 4. The standard InChI is InChI=1S/C23H25FN2O4/c1-29-16-9-10-17(21(13-16)30-2)19-8-5-11-25(19)23(28)15-12-22(27)26(14-15)20-7-4-3-6-18(20)24/h3-4,6-7,9-10,13,15,19H,5,8,11-12,14H2,1-2H3/t15-,19-/m0/s1. The lowest BCUT2D eigenvalue weighted by Gasteiger charge is -2.28. The summed E-state index contributed by atoms with van der Waals surface area (Å²) in [4.78, 5) is 29.1. The van der Waals surface area contributed by atoms with Crippen LogP contribution in [-0.4, -0.2) is 44.0 Å². The molecule has 0 radical (unpaired) electrons. The van der Waals surface area contributed by atoms with Crippen molar-refractivity contribution in [3.05, 3.63) is 53.8 Å². The monoisotopic (exact) mass is 412 g/mol. The Morgan fingerprint density at radius 3 is 2.67 bits per heavy atom. The highest BCUT2D eigenvalue weighted by atomic mass is 19.1. The van der Waals surface area contributed by atoms with E-state index in [-0.39, 0.29) is 36.5 Å². The minimum Gasteiger partial charge on any atom is -0.497 e. The zero-order valence-corrected chi connectivity index (χ0v) is 17.1. The maximum absolute atomic E-state index is 14.2. The molecule has 2 aliphatic rings. The molecule has 2 aromatic rings. The third-order valence-electron chi connectivity index (χ3n) is 5.95. The summed E-state index contributed by atoms with van der Waals surface area (Å²) >= 11 is 0. The lowest BCUT2D eigenvalue weighted by atomic mass is 10.0. The topological polar surface area (TPSA) is 59.1 Å². The summed E-state index contributed by atoms with van der Waals surface area (Å²) in [6.07, 6.45) is 1.80. The maximum atomic E-state index is 14.2. The van der Waals surface area contributed by atoms with Gasteiger partial charge in [0.15, 0.2) is 0 Å². The number of likely N-dealkylation sites (tertiary alicyclic amines) is 1. The molecule has 4 rings (SSSR count). The minimum absolute atomic E-state index is 0.0671. The summed E-state index contributed by atoms with van der Waals surface area (Å²) < 4.78 is 25.0. The third kappa shape index (κ3) is 3.60. The van der Waals surface area contributed by atoms with Crippen LogP contribution < -0.4 is 14.4 Å². The first-order valence-electron chi connectivity index (χ1n) is 10.1. The molecule has 158 valence electrons. The molecule has 7 heteroatoms. The Labute approximate surface area is 175 Å². The SMILES string of the molecule is COc1ccc([C@@H]2CCCN2C(=O)[C@H]2CC(=O)N(c3ccccc3F)C2)c(OC)c1. The lowest BCUT2D eigenvalue weighted by Crippen LogP contribution is -2.37. The van der Waals surface area contributed by atoms with Crippen LogP contribution in [-0.2, 0) is 9.59 Å². The Hall–Kier alpha value is -3.09. The van der Waals surface area contributed by atoms with E-state index in [0.29, 0.717) is 18.0 Å². The number of halogens is 1. The molecule has 0 spiro atoms. The fourth-order valence-electron chi connectivity index (χ4n) is 4.46. The number of carbonyl (C=O) groups excluding carboxylic acids is 2. The van der Waals surface area contributed by atoms with Crippen LogP contribution in [0.4, 0.5) is 10.1 Å². The van der Waals surface area contributed by atoms with Crippen molar-refractivity contribution < 1.29 is 23.5 Å². The second-order valence-corrected chi connectivity index (χ2v) is 7.65. The summed E-state index contributed by atoms with van der Waals surface area (Å²) in [5.74, 6) is 0.129. The normalized spacial score (nSPS) is 21.2. The second kappa shape index (κ2) is 8.34. The van der Waals surface area contributed by atoms with Crippen molar-refractivity contribution in [2.75, 3.05) is 32.2 Å². The van der Waals surface area contributed by atoms with Crippen molar-refractivity contribution in [2.24, 2.45) is 5.92 Å². The number of methoxy groups -OCH3 is 2. The molecule has 0 unspecified atom stereocenters. The summed E-state index contributed by atoms with van der Waals surface area (Å²) in [6, 6.07) is 11.7. The first-order valence-corrected chi connectivity index (χ1v) is 10.1. The summed E-state index contributed by atoms with van der Waals surface area (Å²) in [5, 5.41) is 0. The molecule has 0 aromatic heterocycles. The van der Waals surface area contributed by atoms with Gasteiger partial charge in [0.25, 0.3) is 0 Å². The predicted molar refractivity (Wildman–Crippen MR) is 110 cm³/mol. The molecule has 0 N–H and O–H groups in total. The fourth-order valence-corrected chi connectivity index (χ4v) is 4.46. The molecule has 2 amide bonds. The van der Waals surface area contributed by atoms with Crippen LogP contribution in [0, 0.1) is 11.7 Å². The van der Waals surface area contributed by atoms with Crippen LogP contribution in [0.2, 0.25) is 0 Å². The zero-order chi connectivity index (χ0) is 21.3. The fraction of sp³-hybridized carbons (Fsp3) is 0.391. The number of benzene rings is 2. The van der Waals surface area contributed by atoms with E-state index in [4.69, 9.17) is 9.47 Å². The largest absolute Gasteiger partial charge is 0.497 e. The molecule has 30 heavy (non-hydrogen) atoms. The van der Waals surface area contributed by atoms with Crippen LogP contribution in [0.1, 0.15) is 30.9 Å². The maximum Gasteiger partial charge on any atom is 0.228 e. The Morgan fingerprint density at radius 1 is 1.13 bits per heavy atom. The van der Waals surface area contributed by atoms with Crippen molar-refractivity contribution in [1.29, 1.82) is 0 Å². The van der Waals surface area contributed by atoms with Crippen molar-refractivity contribution >= 4 is 17.5 Å². The molecule has 2 aromatic carbocycles. The van der Waals surface area contributed by atoms with E-state index in [1.807, 2.05) is 23.1 Å². The number of para-hydroxylation sites is 1. The number of anilines is 1. The Kier molecular flexibility index (Phi) is 5.61. The Morgan fingerprint density at radius 2 is 1.93 bits per heavy atom. The van der Waals surface area contributed by atoms with Gasteiger partial charge in [0.05, 0.1) is 31.9 Å². The predicted octanol–water partition coefficient (Wildman–Crippen LogP) is 3.56. The van der Waals surface area contributed by atoms with Gasteiger partial charge in [-0.3, -0.25) is 9.59 Å². The van der Waals surface area contributed by atoms with Crippen LogP contribution >= 0.6 is 0 Å². The van der Waals surface area contributed by atoms with Gasteiger partial charge in [-0.05, 0) is 37.1 Å². The van der Waals surface area contributed by atoms with E-state index in [2.05, 4.69) is 0 Å². The summed E-state index contributed by atoms with van der Waals surface area (Å²) in [6.45, 7) is 0.824. The number of hydrogen-bond donors (Lipinski definition) is 0. The average Bonchev–Trinajstić information content (AvgIpc) is 3.40. The highest BCUT2D eigenvalue weighted by molar-refractivity contribution is 6.00. The number of carbonyl (C=O) groups is 2. The third-order valence-corrected chi connectivity index (χ3v) is 5.95. The van der Waals surface area contributed by atoms with Gasteiger partial charge in [0, 0.05) is 31.1 Å². The van der Waals surface area contributed by atoms with Crippen LogP contribution in [0.3, 0.4) is 0 Å². The molecule has 2 atom stereocenters. The number of rotatable bonds is 5. The highest BCUT2D eigenvalue weighted by Crippen LogP contribution is 2.40. The van der Waals surface area contributed by atoms with Crippen LogP contribution in [0.25, 0.3) is 0 Å². The molecule has 2 aliphatic heterocycles. The first-order chi connectivity index (χ1) is 14.5. The highest BCUT2D eigenvalue weighted by Gasteiger charge is 2.41. The van der Waals surface area contributed by atoms with E-state index in [1.165, 1.54) is 11.0 Å². The second-order valence-electron chi connectivity index (χ2n) is 7.65. The Bertz CT molecular complexity index is 964. The van der Waals surface area contributed by atoms with E-state index >= 15 is 0 Å². The van der Waals surface area contributed by atoms with Crippen LogP contribution in [0.15, 0.2) is 42.5 Å². The van der Waals surface area contributed by atoms with Gasteiger partial charge in [0.1, 0.15) is 17.3 Å². The van der Waals surface area contributed by atoms with Gasteiger partial charge in [-0.2, -0.15) is 0 Å². The Balaban J connectivity index is 1.55. The van der Waals surface area contributed by atoms with Crippen molar-refractivity contribution in [3.8, 4) is 11.5 Å². The van der Waals surface area contributed by atoms with Crippen LogP contribution in [0.5, 0.6) is 11.5 Å². The van der Waals surface area contributed by atoms with Crippen molar-refractivity contribution in [1.82, 2.24) is 4.90 Å². The molecule has 2 saturated heterocycles. The lowest BCUT2D eigenvalue weighted by molar-refractivity contribution is -0.136. The number of amides is 2. The quantitative estimate of drug-likeness (QED) is 0.754. The molecule has 0 bridgehead atoms. The summed E-state index contributed by atoms with van der Waals surface area (Å²) in [7, 11) is 3.19. The molecular formula is C23H25FN2O4. The molecular weight excluding hydrogens is 387 g/mol. The van der Waals surface area contributed by atoms with Gasteiger partial charge in [0.2, 0.25) is 11.8 Å². The number of nitrogens with zero attached hydrogens (tertiary/aromatic N) is 2. The molecule has 0 saturated carbocycles. The molecule has 6 nitrogen and oxygen atoms in total. The van der Waals surface area contributed by atoms with E-state index in [0.717, 1.165) is 18.4 Å². The van der Waals surface area contributed by atoms with Gasteiger partial charge >= 0.3 is 0 Å². The van der Waals surface area contributed by atoms with Crippen molar-refractivity contribution in [2.45, 2.75) is 25.3 Å². The summed E-state index contributed by atoms with van der Waals surface area (Å²) in [5.41, 5.74) is 1.16. The smallest absolute Gasteiger partial charge is 0.228 e.